The monoisotopic (exact) mass is 941 g/mol. The second kappa shape index (κ2) is 46.5. The molecule has 0 aliphatic rings. The van der Waals surface area contributed by atoms with E-state index in [1.54, 1.807) is 0 Å². The van der Waals surface area contributed by atoms with Gasteiger partial charge in [-0.05, 0) is 51.0 Å². The first-order valence-electron chi connectivity index (χ1n) is 26.3. The summed E-state index contributed by atoms with van der Waals surface area (Å²) < 4.78 is 0. The van der Waals surface area contributed by atoms with Crippen molar-refractivity contribution >= 4 is 40.7 Å². The highest BCUT2D eigenvalue weighted by atomic mass is 35.5. The molecule has 0 aromatic heterocycles. The molecule has 0 spiro atoms. The van der Waals surface area contributed by atoms with Crippen LogP contribution in [0.4, 0.5) is 0 Å². The molecule has 0 radical (unpaired) electrons. The number of carbonyl (C=O) groups excluding carboxylic acids is 7. The van der Waals surface area contributed by atoms with E-state index in [0.717, 1.165) is 193 Å². The van der Waals surface area contributed by atoms with Crippen LogP contribution >= 0.6 is 0 Å². The first-order valence-corrected chi connectivity index (χ1v) is 26.3. The van der Waals surface area contributed by atoms with Crippen LogP contribution in [0.3, 0.4) is 0 Å². The van der Waals surface area contributed by atoms with E-state index in [-0.39, 0.29) is 52.7 Å². The molecule has 0 fully saturated rings. The zero-order valence-electron chi connectivity index (χ0n) is 43.2. The number of unbranched alkanes of at least 4 members (excludes halogenated alkanes) is 24. The molecule has 0 heterocycles. The Morgan fingerprint density at radius 3 is 0.569 bits per heavy atom. The van der Waals surface area contributed by atoms with Gasteiger partial charge in [-0.1, -0.05) is 202 Å². The van der Waals surface area contributed by atoms with Crippen LogP contribution in [-0.2, 0) is 33.6 Å². The number of aliphatic carboxylic acids is 1. The van der Waals surface area contributed by atoms with Crippen molar-refractivity contribution < 1.29 is 62.5 Å². The maximum absolute atomic E-state index is 12.9. The lowest BCUT2D eigenvalue weighted by Crippen LogP contribution is -3.00. The van der Waals surface area contributed by atoms with Crippen LogP contribution in [-0.4, -0.2) is 51.7 Å². The molecule has 0 aliphatic carbocycles. The standard InChI is InChI=1S/2C25H47NO3.C4H6O2.ClH/c2*1-4-7-10-13-16-19-22(27)25(26,23(28)20-17-14-11-8-5-2)24(29)21-18-15-12-9-6-3;1-3(2)4(5)6;/h2*4-21,26H2,1-3H3;1H2,2H3,(H,5,6);1H. The highest BCUT2D eigenvalue weighted by molar-refractivity contribution is 6.28. The molecular formula is C54H101ClN2O8. The van der Waals surface area contributed by atoms with E-state index in [4.69, 9.17) is 0 Å². The van der Waals surface area contributed by atoms with Crippen LogP contribution in [0, 0.1) is 0 Å². The summed E-state index contributed by atoms with van der Waals surface area (Å²) in [6.07, 6.45) is 32.7. The van der Waals surface area contributed by atoms with Crippen LogP contribution in [0.1, 0.15) is 280 Å². The Kier molecular flexibility index (Phi) is 49.4. The zero-order chi connectivity index (χ0) is 49.1. The van der Waals surface area contributed by atoms with Gasteiger partial charge in [0.15, 0.2) is 0 Å². The molecular weight excluding hydrogens is 840 g/mol. The van der Waals surface area contributed by atoms with E-state index in [1.807, 2.05) is 0 Å². The molecule has 0 saturated heterocycles. The molecule has 0 aromatic rings. The summed E-state index contributed by atoms with van der Waals surface area (Å²) in [6, 6.07) is 0. The largest absolute Gasteiger partial charge is 1.00 e. The summed E-state index contributed by atoms with van der Waals surface area (Å²) in [5.41, 5.74) is 4.69. The minimum absolute atomic E-state index is 0. The molecule has 10 nitrogen and oxygen atoms in total. The van der Waals surface area contributed by atoms with Crippen molar-refractivity contribution in [2.24, 2.45) is 0 Å². The van der Waals surface area contributed by atoms with E-state index >= 15 is 0 Å². The predicted octanol–water partition coefficient (Wildman–Crippen LogP) is 7.83. The van der Waals surface area contributed by atoms with Gasteiger partial charge < -0.3 is 33.8 Å². The van der Waals surface area contributed by atoms with E-state index < -0.39 is 17.0 Å². The quantitative estimate of drug-likeness (QED) is 0.0350. The van der Waals surface area contributed by atoms with Gasteiger partial charge in [-0.2, -0.15) is 0 Å². The Labute approximate surface area is 404 Å². The summed E-state index contributed by atoms with van der Waals surface area (Å²) in [5, 5.41) is 9.49. The van der Waals surface area contributed by atoms with Gasteiger partial charge in [-0.3, -0.25) is 28.8 Å². The number of hydrogen-bond donors (Lipinski definition) is 2. The Bertz CT molecular complexity index is 1060. The van der Waals surface area contributed by atoms with Gasteiger partial charge in [0.05, 0.1) is 5.97 Å². The number of carboxylic acids is 1. The second-order valence-corrected chi connectivity index (χ2v) is 18.4. The summed E-state index contributed by atoms with van der Waals surface area (Å²) in [6.45, 7) is 17.4. The van der Waals surface area contributed by atoms with E-state index in [2.05, 4.69) is 59.6 Å². The van der Waals surface area contributed by atoms with Crippen LogP contribution in [0.2, 0.25) is 0 Å². The van der Waals surface area contributed by atoms with E-state index in [9.17, 15) is 38.7 Å². The average molecular weight is 942 g/mol. The summed E-state index contributed by atoms with van der Waals surface area (Å²) in [5.74, 6) is -2.65. The number of ketones is 6. The molecule has 65 heavy (non-hydrogen) atoms. The first-order chi connectivity index (χ1) is 30.5. The van der Waals surface area contributed by atoms with Gasteiger partial charge in [-0.25, -0.2) is 0 Å². The molecule has 0 atom stereocenters. The summed E-state index contributed by atoms with van der Waals surface area (Å²) in [7, 11) is 0. The molecule has 0 saturated carbocycles. The number of carboxylic acid groups (broad SMARTS) is 1. The zero-order valence-corrected chi connectivity index (χ0v) is 44.0. The van der Waals surface area contributed by atoms with Crippen molar-refractivity contribution in [1.82, 2.24) is 0 Å². The lowest BCUT2D eigenvalue weighted by Gasteiger charge is -2.22. The maximum Gasteiger partial charge on any atom is 0.270 e. The summed E-state index contributed by atoms with van der Waals surface area (Å²) >= 11 is 0. The molecule has 0 rings (SSSR count). The smallest absolute Gasteiger partial charge is 0.270 e. The normalized spacial score (nSPS) is 11.0. The molecule has 0 bridgehead atoms. The van der Waals surface area contributed by atoms with Crippen molar-refractivity contribution in [3.05, 3.63) is 12.2 Å². The number of quaternary nitrogens is 2. The number of hydrogen-bond acceptors (Lipinski definition) is 8. The van der Waals surface area contributed by atoms with Crippen molar-refractivity contribution in [1.29, 1.82) is 0 Å². The fraction of sp³-hybridized carbons (Fsp3) is 0.833. The fourth-order valence-electron chi connectivity index (χ4n) is 7.55. The molecule has 6 N–H and O–H groups in total. The molecule has 0 amide bonds. The third-order valence-corrected chi connectivity index (χ3v) is 12.2. The summed E-state index contributed by atoms with van der Waals surface area (Å²) in [4.78, 5) is 87.2. The lowest BCUT2D eigenvalue weighted by atomic mass is 9.79. The van der Waals surface area contributed by atoms with Gasteiger partial charge in [0.25, 0.3) is 11.1 Å². The third-order valence-electron chi connectivity index (χ3n) is 12.2. The van der Waals surface area contributed by atoms with E-state index in [0.29, 0.717) is 38.5 Å². The number of carbonyl (C=O) groups is 7. The third kappa shape index (κ3) is 34.4. The van der Waals surface area contributed by atoms with Crippen LogP contribution < -0.4 is 29.0 Å². The first kappa shape index (κ1) is 69.0. The van der Waals surface area contributed by atoms with Crippen LogP contribution in [0.15, 0.2) is 12.2 Å². The Balaban J connectivity index is -0.000000500. The maximum atomic E-state index is 12.9. The molecule has 11 heteroatoms. The highest BCUT2D eigenvalue weighted by Gasteiger charge is 2.51. The fourth-order valence-corrected chi connectivity index (χ4v) is 7.55. The molecule has 0 unspecified atom stereocenters. The van der Waals surface area contributed by atoms with Crippen LogP contribution in [0.5, 0.6) is 0 Å². The van der Waals surface area contributed by atoms with Gasteiger partial charge in [0.1, 0.15) is 0 Å². The van der Waals surface area contributed by atoms with Gasteiger partial charge in [-0.15, -0.1) is 0 Å². The topological polar surface area (TPSA) is 198 Å². The van der Waals surface area contributed by atoms with Gasteiger partial charge >= 0.3 is 0 Å². The lowest BCUT2D eigenvalue weighted by molar-refractivity contribution is -0.422. The minimum Gasteiger partial charge on any atom is -1.00 e. The Morgan fingerprint density at radius 1 is 0.338 bits per heavy atom. The van der Waals surface area contributed by atoms with Crippen molar-refractivity contribution in [3.8, 4) is 0 Å². The number of halogens is 1. The van der Waals surface area contributed by atoms with Crippen LogP contribution in [0.25, 0.3) is 0 Å². The van der Waals surface area contributed by atoms with Crippen molar-refractivity contribution in [2.75, 3.05) is 0 Å². The molecule has 0 aromatic carbocycles. The van der Waals surface area contributed by atoms with Crippen molar-refractivity contribution in [2.45, 2.75) is 291 Å². The molecule has 0 aliphatic heterocycles. The Hall–Kier alpha value is -2.56. The SMILES string of the molecule is C=C(C)C(=O)[O-].CCCCCCCC(=O)C([NH3+])(C(=O)CCCCCCC)C(=O)CCCCCCC.CCCCCCCC(=O)C([NH3+])(C(=O)CCCCCCC)C(=O)CCCCCCC.[Cl-]. The van der Waals surface area contributed by atoms with Gasteiger partial charge in [0, 0.05) is 38.5 Å². The Morgan fingerprint density at radius 2 is 0.462 bits per heavy atom. The van der Waals surface area contributed by atoms with Crippen molar-refractivity contribution in [3.63, 3.8) is 0 Å². The van der Waals surface area contributed by atoms with Gasteiger partial charge in [0.2, 0.25) is 34.7 Å². The average Bonchev–Trinajstić information content (AvgIpc) is 3.27. The number of Topliss-reactive ketones (excluding diaryl/α,β-unsaturated/α-hetero) is 6. The highest BCUT2D eigenvalue weighted by Crippen LogP contribution is 2.21. The minimum atomic E-state index is -1.65. The second-order valence-electron chi connectivity index (χ2n) is 18.4. The predicted molar refractivity (Wildman–Crippen MR) is 261 cm³/mol. The number of rotatable bonds is 43. The van der Waals surface area contributed by atoms with E-state index in [1.165, 1.54) is 6.92 Å². The molecule has 382 valence electrons.